The molecule has 1 unspecified atom stereocenters. The van der Waals surface area contributed by atoms with Crippen LogP contribution >= 0.6 is 0 Å². The van der Waals surface area contributed by atoms with Crippen molar-refractivity contribution in [3.63, 3.8) is 0 Å². The minimum atomic E-state index is -4.32. The van der Waals surface area contributed by atoms with E-state index in [4.69, 9.17) is 0 Å². The Balaban J connectivity index is 1.47. The monoisotopic (exact) mass is 418 g/mol. The van der Waals surface area contributed by atoms with Gasteiger partial charge < -0.3 is 0 Å². The standard InChI is InChI=1S/C25H33F3N2/c1-2-3-4-5-6-7-8-9-10-19-11-16-23-21(17-19)18-29-24(30-23)20-12-14-22(15-13-20)25(26,27)28/h12-15,18-19H,2-11,16-17H2,1H3. The van der Waals surface area contributed by atoms with Gasteiger partial charge in [0, 0.05) is 17.5 Å². The topological polar surface area (TPSA) is 25.8 Å². The Morgan fingerprint density at radius 2 is 1.60 bits per heavy atom. The van der Waals surface area contributed by atoms with Gasteiger partial charge in [-0.3, -0.25) is 0 Å². The number of aryl methyl sites for hydroxylation is 1. The third-order valence-corrected chi connectivity index (χ3v) is 6.19. The molecule has 1 atom stereocenters. The maximum atomic E-state index is 12.7. The van der Waals surface area contributed by atoms with Gasteiger partial charge in [-0.25, -0.2) is 9.97 Å². The highest BCUT2D eigenvalue weighted by Gasteiger charge is 2.30. The van der Waals surface area contributed by atoms with Crippen LogP contribution in [0.3, 0.4) is 0 Å². The molecule has 1 aromatic carbocycles. The molecular formula is C25H33F3N2. The van der Waals surface area contributed by atoms with Crippen molar-refractivity contribution in [1.82, 2.24) is 9.97 Å². The van der Waals surface area contributed by atoms with E-state index >= 15 is 0 Å². The molecule has 2 nitrogen and oxygen atoms in total. The third kappa shape index (κ3) is 6.55. The lowest BCUT2D eigenvalue weighted by Gasteiger charge is -2.24. The van der Waals surface area contributed by atoms with Gasteiger partial charge in [-0.05, 0) is 42.9 Å². The summed E-state index contributed by atoms with van der Waals surface area (Å²) in [5, 5.41) is 0. The van der Waals surface area contributed by atoms with Crippen molar-refractivity contribution in [2.24, 2.45) is 5.92 Å². The normalized spacial score (nSPS) is 16.5. The molecule has 0 fully saturated rings. The zero-order valence-electron chi connectivity index (χ0n) is 18.0. The number of benzene rings is 1. The quantitative estimate of drug-likeness (QED) is 0.368. The second kappa shape index (κ2) is 10.9. The fraction of sp³-hybridized carbons (Fsp3) is 0.600. The lowest BCUT2D eigenvalue weighted by molar-refractivity contribution is -0.137. The number of aromatic nitrogens is 2. The highest BCUT2D eigenvalue weighted by Crippen LogP contribution is 2.32. The lowest BCUT2D eigenvalue weighted by atomic mass is 9.84. The van der Waals surface area contributed by atoms with E-state index in [0.29, 0.717) is 17.3 Å². The van der Waals surface area contributed by atoms with E-state index in [9.17, 15) is 13.2 Å². The van der Waals surface area contributed by atoms with Gasteiger partial charge in [0.15, 0.2) is 5.82 Å². The van der Waals surface area contributed by atoms with Crippen LogP contribution < -0.4 is 0 Å². The van der Waals surface area contributed by atoms with Gasteiger partial charge in [-0.1, -0.05) is 76.8 Å². The number of alkyl halides is 3. The summed E-state index contributed by atoms with van der Waals surface area (Å²) in [7, 11) is 0. The molecule has 0 aliphatic heterocycles. The van der Waals surface area contributed by atoms with Crippen molar-refractivity contribution < 1.29 is 13.2 Å². The first-order valence-corrected chi connectivity index (χ1v) is 11.5. The number of hydrogen-bond donors (Lipinski definition) is 0. The molecule has 0 N–H and O–H groups in total. The fourth-order valence-corrected chi connectivity index (χ4v) is 4.34. The lowest BCUT2D eigenvalue weighted by Crippen LogP contribution is -2.16. The summed E-state index contributed by atoms with van der Waals surface area (Å²) >= 11 is 0. The summed E-state index contributed by atoms with van der Waals surface area (Å²) < 4.78 is 38.2. The molecule has 0 amide bonds. The number of hydrogen-bond acceptors (Lipinski definition) is 2. The van der Waals surface area contributed by atoms with Crippen LogP contribution in [0.5, 0.6) is 0 Å². The van der Waals surface area contributed by atoms with Crippen LogP contribution in [-0.4, -0.2) is 9.97 Å². The fourth-order valence-electron chi connectivity index (χ4n) is 4.34. The van der Waals surface area contributed by atoms with E-state index in [1.54, 1.807) is 0 Å². The van der Waals surface area contributed by atoms with Crippen LogP contribution in [0.25, 0.3) is 11.4 Å². The summed E-state index contributed by atoms with van der Waals surface area (Å²) in [5.41, 5.74) is 2.26. The molecule has 0 bridgehead atoms. The smallest absolute Gasteiger partial charge is 0.236 e. The minimum Gasteiger partial charge on any atom is -0.236 e. The maximum absolute atomic E-state index is 12.7. The zero-order valence-corrected chi connectivity index (χ0v) is 18.0. The molecule has 1 aliphatic carbocycles. The molecule has 0 saturated heterocycles. The van der Waals surface area contributed by atoms with E-state index < -0.39 is 11.7 Å². The van der Waals surface area contributed by atoms with Crippen LogP contribution in [0, 0.1) is 5.92 Å². The molecule has 0 saturated carbocycles. The first-order chi connectivity index (χ1) is 14.5. The molecule has 1 heterocycles. The van der Waals surface area contributed by atoms with Gasteiger partial charge in [0.1, 0.15) is 0 Å². The average Bonchev–Trinajstić information content (AvgIpc) is 2.74. The summed E-state index contributed by atoms with van der Waals surface area (Å²) in [6, 6.07) is 5.10. The van der Waals surface area contributed by atoms with E-state index in [1.165, 1.54) is 75.5 Å². The molecule has 2 aromatic rings. The Labute approximate surface area is 178 Å². The van der Waals surface area contributed by atoms with Crippen LogP contribution in [0.4, 0.5) is 13.2 Å². The Hall–Kier alpha value is -1.91. The Morgan fingerprint density at radius 3 is 2.27 bits per heavy atom. The van der Waals surface area contributed by atoms with Gasteiger partial charge >= 0.3 is 6.18 Å². The second-order valence-electron chi connectivity index (χ2n) is 8.61. The van der Waals surface area contributed by atoms with Crippen molar-refractivity contribution in [2.75, 3.05) is 0 Å². The van der Waals surface area contributed by atoms with E-state index in [1.807, 2.05) is 6.20 Å². The highest BCUT2D eigenvalue weighted by molar-refractivity contribution is 5.56. The molecule has 30 heavy (non-hydrogen) atoms. The zero-order chi connectivity index (χ0) is 21.4. The summed E-state index contributed by atoms with van der Waals surface area (Å²) in [6.07, 6.45) is 12.7. The molecule has 1 aliphatic rings. The predicted octanol–water partition coefficient (Wildman–Crippen LogP) is 7.80. The Bertz CT molecular complexity index is 784. The maximum Gasteiger partial charge on any atom is 0.416 e. The van der Waals surface area contributed by atoms with Crippen molar-refractivity contribution in [3.8, 4) is 11.4 Å². The SMILES string of the molecule is CCCCCCCCCCC1CCc2nc(-c3ccc(C(F)(F)F)cc3)ncc2C1. The van der Waals surface area contributed by atoms with Crippen molar-refractivity contribution in [1.29, 1.82) is 0 Å². The average molecular weight is 419 g/mol. The Morgan fingerprint density at radius 1 is 0.933 bits per heavy atom. The van der Waals surface area contributed by atoms with Crippen LogP contribution in [0.2, 0.25) is 0 Å². The van der Waals surface area contributed by atoms with Crippen LogP contribution in [0.1, 0.15) is 88.0 Å². The van der Waals surface area contributed by atoms with Gasteiger partial charge in [-0.15, -0.1) is 0 Å². The molecule has 5 heteroatoms. The van der Waals surface area contributed by atoms with Crippen molar-refractivity contribution in [2.45, 2.75) is 90.1 Å². The van der Waals surface area contributed by atoms with E-state index in [0.717, 1.165) is 37.1 Å². The third-order valence-electron chi connectivity index (χ3n) is 6.19. The van der Waals surface area contributed by atoms with Gasteiger partial charge in [0.2, 0.25) is 0 Å². The summed E-state index contributed by atoms with van der Waals surface area (Å²) in [6.45, 7) is 2.25. The molecular weight excluding hydrogens is 385 g/mol. The minimum absolute atomic E-state index is 0.518. The first-order valence-electron chi connectivity index (χ1n) is 11.5. The van der Waals surface area contributed by atoms with E-state index in [-0.39, 0.29) is 0 Å². The summed E-state index contributed by atoms with van der Waals surface area (Å²) in [4.78, 5) is 9.10. The van der Waals surface area contributed by atoms with Crippen LogP contribution in [-0.2, 0) is 19.0 Å². The molecule has 0 radical (unpaired) electrons. The van der Waals surface area contributed by atoms with Crippen molar-refractivity contribution in [3.05, 3.63) is 47.3 Å². The molecule has 1 aromatic heterocycles. The van der Waals surface area contributed by atoms with E-state index in [2.05, 4.69) is 16.9 Å². The largest absolute Gasteiger partial charge is 0.416 e. The molecule has 0 spiro atoms. The van der Waals surface area contributed by atoms with Gasteiger partial charge in [-0.2, -0.15) is 13.2 Å². The van der Waals surface area contributed by atoms with Crippen molar-refractivity contribution >= 4 is 0 Å². The number of fused-ring (bicyclic) bond motifs is 1. The number of unbranched alkanes of at least 4 members (excludes halogenated alkanes) is 7. The number of halogens is 3. The van der Waals surface area contributed by atoms with Gasteiger partial charge in [0.25, 0.3) is 0 Å². The second-order valence-corrected chi connectivity index (χ2v) is 8.61. The van der Waals surface area contributed by atoms with Crippen LogP contribution in [0.15, 0.2) is 30.5 Å². The first kappa shape index (κ1) is 22.8. The molecule has 164 valence electrons. The predicted molar refractivity (Wildman–Crippen MR) is 115 cm³/mol. The Kier molecular flexibility index (Phi) is 8.29. The number of rotatable bonds is 10. The molecule has 3 rings (SSSR count). The van der Waals surface area contributed by atoms with Gasteiger partial charge in [0.05, 0.1) is 5.56 Å². The number of nitrogens with zero attached hydrogens (tertiary/aromatic N) is 2. The summed E-state index contributed by atoms with van der Waals surface area (Å²) in [5.74, 6) is 1.22. The highest BCUT2D eigenvalue weighted by atomic mass is 19.4.